The van der Waals surface area contributed by atoms with Gasteiger partial charge in [-0.15, -0.1) is 0 Å². The number of imide groups is 1. The van der Waals surface area contributed by atoms with Gasteiger partial charge in [-0.25, -0.2) is 19.7 Å². The van der Waals surface area contributed by atoms with E-state index < -0.39 is 23.0 Å². The highest BCUT2D eigenvalue weighted by Crippen LogP contribution is 2.54. The molecule has 6 rings (SSSR count). The van der Waals surface area contributed by atoms with Gasteiger partial charge in [-0.1, -0.05) is 32.4 Å². The third-order valence-corrected chi connectivity index (χ3v) is 10.6. The Bertz CT molecular complexity index is 1600. The number of hydrogen-bond donors (Lipinski definition) is 2. The summed E-state index contributed by atoms with van der Waals surface area (Å²) in [5, 5.41) is 13.6. The summed E-state index contributed by atoms with van der Waals surface area (Å²) in [6.45, 7) is 10.8. The summed E-state index contributed by atoms with van der Waals surface area (Å²) in [7, 11) is 0. The van der Waals surface area contributed by atoms with E-state index >= 15 is 0 Å². The van der Waals surface area contributed by atoms with Crippen LogP contribution in [-0.2, 0) is 10.3 Å². The monoisotopic (exact) mass is 710 g/mol. The highest BCUT2D eigenvalue weighted by atomic mass is 79.9. The van der Waals surface area contributed by atoms with Crippen molar-refractivity contribution < 1.29 is 19.4 Å². The zero-order valence-corrected chi connectivity index (χ0v) is 28.9. The smallest absolute Gasteiger partial charge is 0.417 e. The van der Waals surface area contributed by atoms with Crippen molar-refractivity contribution in [1.82, 2.24) is 14.9 Å². The van der Waals surface area contributed by atoms with E-state index in [1.807, 2.05) is 58.2 Å². The fourth-order valence-corrected chi connectivity index (χ4v) is 7.25. The second kappa shape index (κ2) is 12.7. The number of benzene rings is 1. The average molecular weight is 712 g/mol. The molecule has 1 unspecified atom stereocenters. The molecule has 2 fully saturated rings. The summed E-state index contributed by atoms with van der Waals surface area (Å²) in [5.41, 5.74) is 1.80. The van der Waals surface area contributed by atoms with Gasteiger partial charge in [0.15, 0.2) is 0 Å². The Kier molecular flexibility index (Phi) is 8.95. The zero-order chi connectivity index (χ0) is 32.8. The quantitative estimate of drug-likeness (QED) is 0.267. The molecular formula is C34H40BrClN6O4. The Balaban J connectivity index is 1.22. The molecule has 2 N–H and O–H groups in total. The molecule has 0 radical (unpaired) electrons. The van der Waals surface area contributed by atoms with Crippen LogP contribution < -0.4 is 15.1 Å². The maximum Gasteiger partial charge on any atom is 0.417 e. The second-order valence-electron chi connectivity index (χ2n) is 13.5. The van der Waals surface area contributed by atoms with E-state index in [1.54, 1.807) is 18.3 Å². The predicted molar refractivity (Wildman–Crippen MR) is 183 cm³/mol. The van der Waals surface area contributed by atoms with Crippen LogP contribution in [0, 0.1) is 5.41 Å². The number of aliphatic hydroxyl groups is 1. The number of rotatable bonds is 5. The number of carbonyl (C=O) groups is 2. The number of halogens is 2. The molecule has 0 aliphatic carbocycles. The van der Waals surface area contributed by atoms with Crippen molar-refractivity contribution in [1.29, 1.82) is 0 Å². The highest BCUT2D eigenvalue weighted by molar-refractivity contribution is 9.10. The van der Waals surface area contributed by atoms with Crippen LogP contribution in [0.3, 0.4) is 0 Å². The Morgan fingerprint density at radius 2 is 1.59 bits per heavy atom. The van der Waals surface area contributed by atoms with Gasteiger partial charge in [0.2, 0.25) is 0 Å². The molecule has 0 bridgehead atoms. The van der Waals surface area contributed by atoms with Gasteiger partial charge in [0.25, 0.3) is 5.91 Å². The normalized spacial score (nSPS) is 21.0. The number of amides is 2. The Hall–Kier alpha value is -3.41. The molecule has 3 aliphatic heterocycles. The van der Waals surface area contributed by atoms with Crippen LogP contribution in [0.15, 0.2) is 53.4 Å². The van der Waals surface area contributed by atoms with E-state index in [1.165, 1.54) is 4.90 Å². The van der Waals surface area contributed by atoms with Crippen LogP contribution in [-0.4, -0.2) is 70.4 Å². The van der Waals surface area contributed by atoms with Crippen LogP contribution in [0.4, 0.5) is 27.7 Å². The minimum absolute atomic E-state index is 0.251. The molecule has 3 aliphatic rings. The standard InChI is InChI=1S/C34H40BrClN6O4/c1-33(2,3)34(4)30-25(36)7-8-26(39-28-10-6-22(20-38-28)40-15-11-23(43)12-16-40)29(30)31(44)42(34)32(45)46-24-13-17-41(18-14-24)21-5-9-27(35)37-19-21/h5-10,19-20,23-24,43H,11-18H2,1-4H3,(H,38,39). The molecule has 2 aromatic heterocycles. The molecule has 2 amide bonds. The number of hydrogen-bond acceptors (Lipinski definition) is 9. The Labute approximate surface area is 283 Å². The lowest BCUT2D eigenvalue weighted by Gasteiger charge is -2.45. The van der Waals surface area contributed by atoms with Crippen LogP contribution in [0.1, 0.15) is 69.3 Å². The largest absolute Gasteiger partial charge is 0.446 e. The summed E-state index contributed by atoms with van der Waals surface area (Å²) in [6, 6.07) is 11.3. The van der Waals surface area contributed by atoms with E-state index in [-0.39, 0.29) is 12.2 Å². The van der Waals surface area contributed by atoms with Crippen molar-refractivity contribution in [2.75, 3.05) is 41.3 Å². The fourth-order valence-electron chi connectivity index (χ4n) is 6.67. The lowest BCUT2D eigenvalue weighted by atomic mass is 9.70. The third kappa shape index (κ3) is 6.04. The molecule has 12 heteroatoms. The van der Waals surface area contributed by atoms with E-state index in [0.717, 1.165) is 41.9 Å². The predicted octanol–water partition coefficient (Wildman–Crippen LogP) is 7.12. The Morgan fingerprint density at radius 1 is 0.978 bits per heavy atom. The number of piperidine rings is 2. The van der Waals surface area contributed by atoms with Gasteiger partial charge in [0.05, 0.1) is 46.7 Å². The van der Waals surface area contributed by atoms with Gasteiger partial charge in [0.1, 0.15) is 16.5 Å². The van der Waals surface area contributed by atoms with E-state index in [0.29, 0.717) is 53.6 Å². The van der Waals surface area contributed by atoms with Crippen molar-refractivity contribution in [3.8, 4) is 0 Å². The summed E-state index contributed by atoms with van der Waals surface area (Å²) < 4.78 is 6.85. The maximum absolute atomic E-state index is 14.3. The first-order valence-electron chi connectivity index (χ1n) is 15.8. The average Bonchev–Trinajstić information content (AvgIpc) is 3.28. The fraction of sp³-hybridized carbons (Fsp3) is 0.471. The SMILES string of the molecule is CC(C)(C)C1(C)c2c(Cl)ccc(Nc3ccc(N4CCC(O)CC4)cn3)c2C(=O)N1C(=O)OC1CCN(c2ccc(Br)nc2)CC1. The molecular weight excluding hydrogens is 672 g/mol. The molecule has 2 saturated heterocycles. The molecule has 10 nitrogen and oxygen atoms in total. The van der Waals surface area contributed by atoms with Crippen molar-refractivity contribution in [2.45, 2.75) is 71.1 Å². The second-order valence-corrected chi connectivity index (χ2v) is 14.7. The van der Waals surface area contributed by atoms with E-state index in [9.17, 15) is 14.7 Å². The minimum Gasteiger partial charge on any atom is -0.446 e. The third-order valence-electron chi connectivity index (χ3n) is 9.78. The molecule has 5 heterocycles. The van der Waals surface area contributed by atoms with Gasteiger partial charge >= 0.3 is 6.09 Å². The Morgan fingerprint density at radius 3 is 2.15 bits per heavy atom. The number of nitrogens with one attached hydrogen (secondary N) is 1. The molecule has 1 atom stereocenters. The number of anilines is 4. The topological polar surface area (TPSA) is 111 Å². The van der Waals surface area contributed by atoms with Crippen LogP contribution >= 0.6 is 27.5 Å². The number of aliphatic hydroxyl groups excluding tert-OH is 1. The first kappa shape index (κ1) is 32.5. The van der Waals surface area contributed by atoms with Crippen LogP contribution in [0.2, 0.25) is 5.02 Å². The number of pyridine rings is 2. The number of ether oxygens (including phenoxy) is 1. The number of nitrogens with zero attached hydrogens (tertiary/aromatic N) is 5. The number of aromatic nitrogens is 2. The zero-order valence-electron chi connectivity index (χ0n) is 26.6. The number of carbonyl (C=O) groups excluding carboxylic acids is 2. The molecule has 46 heavy (non-hydrogen) atoms. The van der Waals surface area contributed by atoms with Crippen LogP contribution in [0.5, 0.6) is 0 Å². The van der Waals surface area contributed by atoms with E-state index in [4.69, 9.17) is 16.3 Å². The van der Waals surface area contributed by atoms with Gasteiger partial charge in [0, 0.05) is 49.6 Å². The first-order valence-corrected chi connectivity index (χ1v) is 16.9. The lowest BCUT2D eigenvalue weighted by Crippen LogP contribution is -2.54. The minimum atomic E-state index is -1.08. The van der Waals surface area contributed by atoms with Crippen molar-refractivity contribution in [2.24, 2.45) is 5.41 Å². The van der Waals surface area contributed by atoms with Gasteiger partial charge in [-0.3, -0.25) is 4.79 Å². The van der Waals surface area contributed by atoms with Gasteiger partial charge < -0.3 is 25.0 Å². The summed E-state index contributed by atoms with van der Waals surface area (Å²) >= 11 is 10.2. The summed E-state index contributed by atoms with van der Waals surface area (Å²) in [6.07, 6.45) is 5.10. The molecule has 0 saturated carbocycles. The van der Waals surface area contributed by atoms with E-state index in [2.05, 4.69) is 41.0 Å². The maximum atomic E-state index is 14.3. The van der Waals surface area contributed by atoms with Crippen LogP contribution in [0.25, 0.3) is 0 Å². The summed E-state index contributed by atoms with van der Waals surface area (Å²) in [5.74, 6) is 0.105. The number of fused-ring (bicyclic) bond motifs is 1. The lowest BCUT2D eigenvalue weighted by molar-refractivity contribution is -0.00401. The molecule has 3 aromatic rings. The highest BCUT2D eigenvalue weighted by Gasteiger charge is 2.58. The van der Waals surface area contributed by atoms with Crippen molar-refractivity contribution in [3.05, 3.63) is 69.5 Å². The first-order chi connectivity index (χ1) is 21.9. The van der Waals surface area contributed by atoms with Crippen molar-refractivity contribution >= 4 is 62.4 Å². The summed E-state index contributed by atoms with van der Waals surface area (Å²) in [4.78, 5) is 42.9. The van der Waals surface area contributed by atoms with Gasteiger partial charge in [-0.2, -0.15) is 0 Å². The van der Waals surface area contributed by atoms with Gasteiger partial charge in [-0.05, 0) is 77.5 Å². The van der Waals surface area contributed by atoms with Crippen molar-refractivity contribution in [3.63, 3.8) is 0 Å². The molecule has 244 valence electrons. The molecule has 0 spiro atoms. The molecule has 1 aromatic carbocycles.